The summed E-state index contributed by atoms with van der Waals surface area (Å²) in [5.41, 5.74) is 10.5. The minimum atomic E-state index is 0.620. The summed E-state index contributed by atoms with van der Waals surface area (Å²) in [6.45, 7) is 6.85. The lowest BCUT2D eigenvalue weighted by atomic mass is 9.97. The number of anilines is 2. The number of aromatic nitrogens is 1. The highest BCUT2D eigenvalue weighted by molar-refractivity contribution is 5.85. The van der Waals surface area contributed by atoms with Gasteiger partial charge >= 0.3 is 0 Å². The molecule has 0 amide bonds. The van der Waals surface area contributed by atoms with Gasteiger partial charge in [0, 0.05) is 47.6 Å². The minimum absolute atomic E-state index is 0.620. The lowest BCUT2D eigenvalue weighted by molar-refractivity contribution is 0.343. The van der Waals surface area contributed by atoms with Crippen LogP contribution in [-0.2, 0) is 32.2 Å². The molecule has 1 aliphatic carbocycles. The van der Waals surface area contributed by atoms with E-state index in [1.165, 1.54) is 84.9 Å². The number of nitrogens with zero attached hydrogens (tertiary/aromatic N) is 4. The fourth-order valence-electron chi connectivity index (χ4n) is 7.30. The molecule has 6 rings (SSSR count). The van der Waals surface area contributed by atoms with E-state index in [0.29, 0.717) is 5.92 Å². The third kappa shape index (κ3) is 7.91. The van der Waals surface area contributed by atoms with E-state index in [0.717, 1.165) is 32.5 Å². The standard InChI is InChI=1S/C20H26N2.C19H28N2/c1-16(14-21(2)3)15-22-19-10-6-4-8-17(19)12-13-18-9-5-7-11-20(18)22;1-20(2)14-9-15-21-18-12-6-4-3-5-10-16(18)17-11-7-8-13-19(17)21/h4-11,16H,12-15H2,1-3H3;7-8,11,13H,3-6,9-10,12,14-15H2,1-2H3. The molecule has 1 aromatic heterocycles. The number of para-hydroxylation sites is 3. The van der Waals surface area contributed by atoms with Gasteiger partial charge in [-0.3, -0.25) is 0 Å². The molecule has 2 heterocycles. The third-order valence-electron chi connectivity index (χ3n) is 9.17. The van der Waals surface area contributed by atoms with Gasteiger partial charge in [-0.2, -0.15) is 0 Å². The number of rotatable bonds is 8. The predicted molar refractivity (Wildman–Crippen MR) is 186 cm³/mol. The van der Waals surface area contributed by atoms with Crippen molar-refractivity contribution in [1.29, 1.82) is 0 Å². The highest BCUT2D eigenvalue weighted by Gasteiger charge is 2.22. The summed E-state index contributed by atoms with van der Waals surface area (Å²) in [5.74, 6) is 0.620. The lowest BCUT2D eigenvalue weighted by Gasteiger charge is -2.30. The smallest absolute Gasteiger partial charge is 0.0485 e. The van der Waals surface area contributed by atoms with Crippen LogP contribution in [0.4, 0.5) is 11.4 Å². The molecule has 0 radical (unpaired) electrons. The van der Waals surface area contributed by atoms with Crippen molar-refractivity contribution in [3.63, 3.8) is 0 Å². The highest BCUT2D eigenvalue weighted by Crippen LogP contribution is 2.36. The molecule has 4 nitrogen and oxygen atoms in total. The molecule has 2 aliphatic rings. The second kappa shape index (κ2) is 15.1. The monoisotopic (exact) mass is 578 g/mol. The van der Waals surface area contributed by atoms with Crippen LogP contribution in [0.5, 0.6) is 0 Å². The first-order valence-electron chi connectivity index (χ1n) is 16.7. The Morgan fingerprint density at radius 1 is 0.674 bits per heavy atom. The van der Waals surface area contributed by atoms with Crippen LogP contribution in [-0.4, -0.2) is 62.2 Å². The fourth-order valence-corrected chi connectivity index (χ4v) is 7.30. The topological polar surface area (TPSA) is 14.7 Å². The Morgan fingerprint density at radius 3 is 1.93 bits per heavy atom. The summed E-state index contributed by atoms with van der Waals surface area (Å²) < 4.78 is 2.62. The minimum Gasteiger partial charge on any atom is -0.344 e. The van der Waals surface area contributed by atoms with Crippen molar-refractivity contribution in [3.8, 4) is 0 Å². The van der Waals surface area contributed by atoms with Gasteiger partial charge in [0.2, 0.25) is 0 Å². The molecule has 0 fully saturated rings. The Hall–Kier alpha value is -3.08. The van der Waals surface area contributed by atoms with Crippen LogP contribution in [0.3, 0.4) is 0 Å². The Labute approximate surface area is 261 Å². The zero-order valence-electron chi connectivity index (χ0n) is 27.5. The van der Waals surface area contributed by atoms with Gasteiger partial charge in [-0.05, 0) is 120 Å². The molecule has 4 aromatic rings. The molecule has 3 aromatic carbocycles. The van der Waals surface area contributed by atoms with Crippen molar-refractivity contribution in [1.82, 2.24) is 14.4 Å². The van der Waals surface area contributed by atoms with Gasteiger partial charge in [-0.1, -0.05) is 74.4 Å². The average molecular weight is 579 g/mol. The van der Waals surface area contributed by atoms with E-state index in [1.54, 1.807) is 11.3 Å². The summed E-state index contributed by atoms with van der Waals surface area (Å²) in [4.78, 5) is 7.10. The van der Waals surface area contributed by atoms with E-state index < -0.39 is 0 Å². The molecular weight excluding hydrogens is 524 g/mol. The first-order chi connectivity index (χ1) is 20.9. The van der Waals surface area contributed by atoms with Crippen LogP contribution in [0.2, 0.25) is 0 Å². The van der Waals surface area contributed by atoms with Gasteiger partial charge in [0.25, 0.3) is 0 Å². The van der Waals surface area contributed by atoms with E-state index in [-0.39, 0.29) is 0 Å². The fraction of sp³-hybridized carbons (Fsp3) is 0.487. The van der Waals surface area contributed by atoms with Crippen LogP contribution in [0.1, 0.15) is 61.4 Å². The summed E-state index contributed by atoms with van der Waals surface area (Å²) in [5, 5.41) is 1.51. The van der Waals surface area contributed by atoms with Crippen LogP contribution >= 0.6 is 0 Å². The summed E-state index contributed by atoms with van der Waals surface area (Å²) in [6, 6.07) is 26.8. The quantitative estimate of drug-likeness (QED) is 0.209. The van der Waals surface area contributed by atoms with Crippen molar-refractivity contribution in [2.45, 2.75) is 71.3 Å². The van der Waals surface area contributed by atoms with E-state index in [4.69, 9.17) is 0 Å². The Balaban J connectivity index is 0.000000171. The Bertz CT molecular complexity index is 1400. The summed E-state index contributed by atoms with van der Waals surface area (Å²) >= 11 is 0. The first-order valence-corrected chi connectivity index (χ1v) is 16.7. The molecular formula is C39H54N4. The molecule has 1 aliphatic heterocycles. The van der Waals surface area contributed by atoms with E-state index >= 15 is 0 Å². The zero-order chi connectivity index (χ0) is 30.2. The lowest BCUT2D eigenvalue weighted by Crippen LogP contribution is -2.30. The Morgan fingerprint density at radius 2 is 1.28 bits per heavy atom. The normalized spacial score (nSPS) is 15.6. The first kappa shape index (κ1) is 31.3. The predicted octanol–water partition coefficient (Wildman–Crippen LogP) is 8.37. The molecule has 43 heavy (non-hydrogen) atoms. The van der Waals surface area contributed by atoms with E-state index in [2.05, 4.69) is 127 Å². The number of benzene rings is 3. The number of hydrogen-bond acceptors (Lipinski definition) is 3. The molecule has 0 N–H and O–H groups in total. The van der Waals surface area contributed by atoms with E-state index in [9.17, 15) is 0 Å². The van der Waals surface area contributed by atoms with Crippen molar-refractivity contribution < 1.29 is 0 Å². The maximum absolute atomic E-state index is 2.62. The summed E-state index contributed by atoms with van der Waals surface area (Å²) in [7, 11) is 8.64. The van der Waals surface area contributed by atoms with Crippen molar-refractivity contribution in [2.75, 3.05) is 52.7 Å². The Kier molecular flexibility index (Phi) is 11.0. The van der Waals surface area contributed by atoms with Crippen molar-refractivity contribution in [2.24, 2.45) is 5.92 Å². The largest absolute Gasteiger partial charge is 0.344 e. The zero-order valence-corrected chi connectivity index (χ0v) is 27.5. The van der Waals surface area contributed by atoms with Crippen LogP contribution in [0.15, 0.2) is 72.8 Å². The number of fused-ring (bicyclic) bond motifs is 5. The van der Waals surface area contributed by atoms with E-state index in [1.807, 2.05) is 0 Å². The molecule has 0 saturated heterocycles. The second-order valence-electron chi connectivity index (χ2n) is 13.4. The average Bonchev–Trinajstić information content (AvgIpc) is 3.16. The summed E-state index contributed by atoms with van der Waals surface area (Å²) in [6.07, 6.45) is 11.6. The van der Waals surface area contributed by atoms with Gasteiger partial charge in [-0.15, -0.1) is 0 Å². The molecule has 0 saturated carbocycles. The highest BCUT2D eigenvalue weighted by atomic mass is 15.2. The van der Waals surface area contributed by atoms with Gasteiger partial charge in [0.15, 0.2) is 0 Å². The third-order valence-corrected chi connectivity index (χ3v) is 9.17. The van der Waals surface area contributed by atoms with Gasteiger partial charge in [-0.25, -0.2) is 0 Å². The molecule has 0 spiro atoms. The second-order valence-corrected chi connectivity index (χ2v) is 13.4. The number of hydrogen-bond donors (Lipinski definition) is 0. The van der Waals surface area contributed by atoms with Crippen molar-refractivity contribution >= 4 is 22.3 Å². The van der Waals surface area contributed by atoms with Crippen LogP contribution in [0.25, 0.3) is 10.9 Å². The maximum Gasteiger partial charge on any atom is 0.0485 e. The molecule has 0 bridgehead atoms. The molecule has 1 unspecified atom stereocenters. The molecule has 1 atom stereocenters. The van der Waals surface area contributed by atoms with Gasteiger partial charge in [0.05, 0.1) is 0 Å². The van der Waals surface area contributed by atoms with Crippen molar-refractivity contribution in [3.05, 3.63) is 95.2 Å². The van der Waals surface area contributed by atoms with Crippen LogP contribution < -0.4 is 4.90 Å². The molecule has 4 heteroatoms. The van der Waals surface area contributed by atoms with Crippen LogP contribution in [0, 0.1) is 5.92 Å². The van der Waals surface area contributed by atoms with Gasteiger partial charge < -0.3 is 19.3 Å². The van der Waals surface area contributed by atoms with Gasteiger partial charge in [0.1, 0.15) is 0 Å². The maximum atomic E-state index is 2.62. The SMILES string of the molecule is CC(CN(C)C)CN1c2ccccc2CCc2ccccc21.CN(C)CCCn1c2c(c3ccccc31)CCCCCC2. The molecule has 230 valence electrons. The number of aryl methyl sites for hydroxylation is 4.